The molecular formula is C40H39Cl2F3OZr. The largest absolute Gasteiger partial charge is 2.00 e. The molecule has 0 bridgehead atoms. The number of aromatic hydroxyl groups is 1. The molecule has 6 rings (SSSR count). The van der Waals surface area contributed by atoms with Crippen molar-refractivity contribution in [2.75, 3.05) is 0 Å². The molecule has 0 heterocycles. The van der Waals surface area contributed by atoms with E-state index in [0.717, 1.165) is 69.8 Å². The van der Waals surface area contributed by atoms with Crippen molar-refractivity contribution in [2.24, 2.45) is 0 Å². The summed E-state index contributed by atoms with van der Waals surface area (Å²) in [4.78, 5) is 0. The summed E-state index contributed by atoms with van der Waals surface area (Å²) < 4.78 is 41.0. The first-order valence-corrected chi connectivity index (χ1v) is 15.4. The van der Waals surface area contributed by atoms with Crippen LogP contribution < -0.4 is 24.8 Å². The second kappa shape index (κ2) is 14.5. The molecule has 244 valence electrons. The molecule has 4 aromatic carbocycles. The third kappa shape index (κ3) is 7.69. The number of alkyl halides is 3. The molecule has 47 heavy (non-hydrogen) atoms. The number of allylic oxidation sites excluding steroid dienone is 3. The zero-order chi connectivity index (χ0) is 31.4. The van der Waals surface area contributed by atoms with Gasteiger partial charge in [0.2, 0.25) is 0 Å². The summed E-state index contributed by atoms with van der Waals surface area (Å²) in [6, 6.07) is 24.0. The van der Waals surface area contributed by atoms with E-state index in [1.54, 1.807) is 6.07 Å². The summed E-state index contributed by atoms with van der Waals surface area (Å²) in [5, 5.41) is 11.7. The van der Waals surface area contributed by atoms with Crippen molar-refractivity contribution in [1.29, 1.82) is 0 Å². The van der Waals surface area contributed by atoms with Crippen molar-refractivity contribution in [3.8, 4) is 16.9 Å². The van der Waals surface area contributed by atoms with E-state index >= 15 is 0 Å². The van der Waals surface area contributed by atoms with Gasteiger partial charge in [-0.2, -0.15) is 13.2 Å². The Kier molecular flexibility index (Phi) is 12.0. The first-order valence-electron chi connectivity index (χ1n) is 15.4. The first kappa shape index (κ1) is 38.9. The van der Waals surface area contributed by atoms with Gasteiger partial charge in [0.25, 0.3) is 0 Å². The van der Waals surface area contributed by atoms with Crippen LogP contribution in [0.25, 0.3) is 22.3 Å². The number of fused-ring (bicyclic) bond motifs is 3. The molecule has 1 nitrogen and oxygen atoms in total. The van der Waals surface area contributed by atoms with Crippen LogP contribution >= 0.6 is 0 Å². The van der Waals surface area contributed by atoms with Crippen LogP contribution in [0.5, 0.6) is 5.75 Å². The molecule has 1 N–H and O–H groups in total. The summed E-state index contributed by atoms with van der Waals surface area (Å²) in [6.07, 6.45) is 3.87. The van der Waals surface area contributed by atoms with E-state index in [2.05, 4.69) is 71.0 Å². The molecule has 0 spiro atoms. The zero-order valence-corrected chi connectivity index (χ0v) is 31.3. The molecule has 0 atom stereocenters. The minimum Gasteiger partial charge on any atom is -1.00 e. The minimum atomic E-state index is -4.42. The fraction of sp³-hybridized carbons (Fsp3) is 0.300. The topological polar surface area (TPSA) is 20.2 Å². The molecule has 0 aliphatic heterocycles. The number of rotatable bonds is 5. The molecule has 0 aromatic heterocycles. The van der Waals surface area contributed by atoms with Crippen LogP contribution in [0.15, 0.2) is 91.0 Å². The molecule has 0 fully saturated rings. The molecule has 2 aliphatic rings. The SMILES string of the molecule is CC(C)(C)c1c(C2=CCCC2)cc2c(c1O)Cc1cc(C(C)(C)C=C(c3ccccc3)c3cccc(C(F)(F)F)c3)ccc1-2.[Cl-].[Cl-].[Zr+2]. The van der Waals surface area contributed by atoms with Crippen molar-refractivity contribution >= 4 is 11.1 Å². The van der Waals surface area contributed by atoms with Crippen LogP contribution in [0.2, 0.25) is 0 Å². The fourth-order valence-corrected chi connectivity index (χ4v) is 6.91. The Morgan fingerprint density at radius 2 is 1.43 bits per heavy atom. The Labute approximate surface area is 308 Å². The van der Waals surface area contributed by atoms with Crippen LogP contribution in [-0.4, -0.2) is 5.11 Å². The summed E-state index contributed by atoms with van der Waals surface area (Å²) >= 11 is 0. The van der Waals surface area contributed by atoms with Crippen LogP contribution in [0.4, 0.5) is 13.2 Å². The molecular weight excluding hydrogens is 716 g/mol. The molecule has 0 unspecified atom stereocenters. The van der Waals surface area contributed by atoms with Crippen molar-refractivity contribution in [1.82, 2.24) is 0 Å². The zero-order valence-electron chi connectivity index (χ0n) is 27.3. The summed E-state index contributed by atoms with van der Waals surface area (Å²) in [7, 11) is 0. The van der Waals surface area contributed by atoms with Crippen LogP contribution in [0.3, 0.4) is 0 Å². The van der Waals surface area contributed by atoms with E-state index < -0.39 is 17.2 Å². The predicted molar refractivity (Wildman–Crippen MR) is 175 cm³/mol. The summed E-state index contributed by atoms with van der Waals surface area (Å²) in [5.74, 6) is 0.408. The number of hydrogen-bond acceptors (Lipinski definition) is 1. The Morgan fingerprint density at radius 1 is 0.745 bits per heavy atom. The van der Waals surface area contributed by atoms with Crippen LogP contribution in [0.1, 0.15) is 98.4 Å². The molecule has 0 radical (unpaired) electrons. The Hall–Kier alpha value is -2.59. The maximum Gasteiger partial charge on any atom is 2.00 e. The fourth-order valence-electron chi connectivity index (χ4n) is 6.91. The molecule has 4 aromatic rings. The molecule has 0 amide bonds. The standard InChI is InChI=1S/C40H39F3O.2ClH.Zr/c1-38(2,3)36-32(25-14-9-10-15-25)23-33-31-19-18-29(21-28(31)22-34(33)37(36)44)39(4,5)24-35(26-12-7-6-8-13-26)27-16-11-17-30(20-27)40(41,42)43;;;/h6-8,11-14,16-21,23-24,44H,9-10,15,22H2,1-5H3;2*1H;/q;;;+2/p-2. The van der Waals surface area contributed by atoms with Gasteiger partial charge in [0.15, 0.2) is 0 Å². The Morgan fingerprint density at radius 3 is 2.04 bits per heavy atom. The van der Waals surface area contributed by atoms with Gasteiger partial charge in [0, 0.05) is 23.0 Å². The molecule has 0 saturated carbocycles. The van der Waals surface area contributed by atoms with E-state index in [-0.39, 0.29) is 56.4 Å². The Balaban J connectivity index is 0.00000200. The van der Waals surface area contributed by atoms with Crippen molar-refractivity contribution in [3.63, 3.8) is 0 Å². The van der Waals surface area contributed by atoms with Gasteiger partial charge in [-0.3, -0.25) is 0 Å². The van der Waals surface area contributed by atoms with Crippen molar-refractivity contribution in [2.45, 2.75) is 77.3 Å². The molecule has 7 heteroatoms. The normalized spacial score (nSPS) is 14.3. The second-order valence-corrected chi connectivity index (χ2v) is 13.8. The van der Waals surface area contributed by atoms with E-state index in [4.69, 9.17) is 0 Å². The molecule has 2 aliphatic carbocycles. The van der Waals surface area contributed by atoms with E-state index in [1.165, 1.54) is 23.3 Å². The van der Waals surface area contributed by atoms with E-state index in [0.29, 0.717) is 17.7 Å². The van der Waals surface area contributed by atoms with Gasteiger partial charge in [-0.05, 0) is 93.0 Å². The van der Waals surface area contributed by atoms with Crippen LogP contribution in [-0.2, 0) is 49.6 Å². The van der Waals surface area contributed by atoms with E-state index in [1.807, 2.05) is 30.3 Å². The maximum atomic E-state index is 13.7. The average molecular weight is 755 g/mol. The quantitative estimate of drug-likeness (QED) is 0.260. The smallest absolute Gasteiger partial charge is 1.00 e. The van der Waals surface area contributed by atoms with Gasteiger partial charge in [-0.25, -0.2) is 0 Å². The Bertz CT molecular complexity index is 1820. The molecule has 0 saturated heterocycles. The van der Waals surface area contributed by atoms with Gasteiger partial charge in [-0.1, -0.05) is 107 Å². The summed E-state index contributed by atoms with van der Waals surface area (Å²) in [6.45, 7) is 10.7. The van der Waals surface area contributed by atoms with Gasteiger partial charge < -0.3 is 29.9 Å². The van der Waals surface area contributed by atoms with Crippen LogP contribution in [0, 0.1) is 0 Å². The average Bonchev–Trinajstić information content (AvgIpc) is 3.64. The number of benzene rings is 4. The number of hydrogen-bond donors (Lipinski definition) is 1. The van der Waals surface area contributed by atoms with Crippen molar-refractivity contribution < 1.29 is 69.3 Å². The van der Waals surface area contributed by atoms with Gasteiger partial charge in [0.05, 0.1) is 5.56 Å². The minimum absolute atomic E-state index is 0. The maximum absolute atomic E-state index is 13.7. The second-order valence-electron chi connectivity index (χ2n) is 13.8. The van der Waals surface area contributed by atoms with Gasteiger partial charge in [-0.15, -0.1) is 0 Å². The van der Waals surface area contributed by atoms with Gasteiger partial charge in [0.1, 0.15) is 5.75 Å². The predicted octanol–water partition coefficient (Wildman–Crippen LogP) is 5.26. The monoisotopic (exact) mass is 752 g/mol. The third-order valence-corrected chi connectivity index (χ3v) is 9.14. The summed E-state index contributed by atoms with van der Waals surface area (Å²) in [5.41, 5.74) is 9.74. The first-order chi connectivity index (χ1) is 20.7. The van der Waals surface area contributed by atoms with Crippen molar-refractivity contribution in [3.05, 3.63) is 136 Å². The van der Waals surface area contributed by atoms with E-state index in [9.17, 15) is 18.3 Å². The number of phenols is 1. The number of phenolic OH excluding ortho intramolecular Hbond substituents is 1. The number of halogens is 5. The van der Waals surface area contributed by atoms with Gasteiger partial charge >= 0.3 is 32.4 Å². The third-order valence-electron chi connectivity index (χ3n) is 9.14.